The number of halogens is 2. The SMILES string of the molecule is CCCC1=C(C(=O)OCC)[C@H](c2cc(Br)ccc2OC)n2c(s/c(=C/c3ccc(-c4ccc(Br)cc4)o3)c2=O)=N1. The summed E-state index contributed by atoms with van der Waals surface area (Å²) in [7, 11) is 1.57. The van der Waals surface area contributed by atoms with Crippen molar-refractivity contribution in [1.29, 1.82) is 0 Å². The second kappa shape index (κ2) is 12.1. The van der Waals surface area contributed by atoms with Gasteiger partial charge in [-0.05, 0) is 55.8 Å². The van der Waals surface area contributed by atoms with Gasteiger partial charge in [0.25, 0.3) is 5.56 Å². The van der Waals surface area contributed by atoms with Crippen molar-refractivity contribution < 1.29 is 18.7 Å². The number of thiazole rings is 1. The zero-order valence-corrected chi connectivity index (χ0v) is 26.1. The number of hydrogen-bond donors (Lipinski definition) is 0. The number of carbonyl (C=O) groups is 1. The minimum Gasteiger partial charge on any atom is -0.496 e. The summed E-state index contributed by atoms with van der Waals surface area (Å²) < 4.78 is 21.0. The molecule has 0 unspecified atom stereocenters. The van der Waals surface area contributed by atoms with Gasteiger partial charge in [-0.1, -0.05) is 68.7 Å². The number of benzene rings is 2. The maximum absolute atomic E-state index is 14.0. The molecule has 0 aliphatic carbocycles. The molecule has 0 spiro atoms. The molecule has 206 valence electrons. The number of esters is 1. The Labute approximate surface area is 251 Å². The topological polar surface area (TPSA) is 83.0 Å². The fourth-order valence-electron chi connectivity index (χ4n) is 4.66. The van der Waals surface area contributed by atoms with Crippen molar-refractivity contribution in [3.63, 3.8) is 0 Å². The van der Waals surface area contributed by atoms with Crippen molar-refractivity contribution in [3.8, 4) is 17.1 Å². The average molecular weight is 686 g/mol. The Kier molecular flexibility index (Phi) is 8.58. The van der Waals surface area contributed by atoms with Crippen molar-refractivity contribution in [3.05, 3.63) is 106 Å². The molecule has 1 atom stereocenters. The van der Waals surface area contributed by atoms with Gasteiger partial charge in [-0.3, -0.25) is 9.36 Å². The fraction of sp³-hybridized carbons (Fsp3) is 0.233. The second-order valence-corrected chi connectivity index (χ2v) is 11.8. The van der Waals surface area contributed by atoms with Crippen LogP contribution in [0.15, 0.2) is 89.0 Å². The Morgan fingerprint density at radius 3 is 2.55 bits per heavy atom. The molecule has 0 saturated heterocycles. The van der Waals surface area contributed by atoms with Gasteiger partial charge in [0, 0.05) is 26.1 Å². The molecule has 2 aromatic heterocycles. The first-order valence-electron chi connectivity index (χ1n) is 12.8. The summed E-state index contributed by atoms with van der Waals surface area (Å²) in [6.45, 7) is 3.98. The molecule has 0 amide bonds. The Balaban J connectivity index is 1.71. The molecule has 7 nitrogen and oxygen atoms in total. The quantitative estimate of drug-likeness (QED) is 0.201. The molecule has 5 rings (SSSR count). The van der Waals surface area contributed by atoms with Crippen LogP contribution in [0.1, 0.15) is 44.1 Å². The normalized spacial score (nSPS) is 15.1. The second-order valence-electron chi connectivity index (χ2n) is 9.01. The third-order valence-electron chi connectivity index (χ3n) is 6.41. The average Bonchev–Trinajstić information content (AvgIpc) is 3.53. The van der Waals surface area contributed by atoms with E-state index in [1.54, 1.807) is 24.7 Å². The van der Waals surface area contributed by atoms with Gasteiger partial charge in [0.2, 0.25) is 0 Å². The summed E-state index contributed by atoms with van der Waals surface area (Å²) in [5.41, 5.74) is 2.25. The van der Waals surface area contributed by atoms with Gasteiger partial charge in [-0.2, -0.15) is 0 Å². The van der Waals surface area contributed by atoms with Crippen LogP contribution < -0.4 is 19.6 Å². The minimum absolute atomic E-state index is 0.202. The molecule has 2 aromatic carbocycles. The van der Waals surface area contributed by atoms with Gasteiger partial charge in [0.05, 0.1) is 29.5 Å². The number of aromatic nitrogens is 1. The number of carbonyl (C=O) groups excluding carboxylic acids is 1. The van der Waals surface area contributed by atoms with E-state index < -0.39 is 12.0 Å². The highest BCUT2D eigenvalue weighted by atomic mass is 79.9. The lowest BCUT2D eigenvalue weighted by molar-refractivity contribution is -0.139. The van der Waals surface area contributed by atoms with Gasteiger partial charge >= 0.3 is 5.97 Å². The van der Waals surface area contributed by atoms with Crippen LogP contribution in [-0.2, 0) is 9.53 Å². The van der Waals surface area contributed by atoms with Gasteiger partial charge in [-0.15, -0.1) is 0 Å². The van der Waals surface area contributed by atoms with E-state index in [-0.39, 0.29) is 12.2 Å². The molecule has 0 saturated carbocycles. The number of furan rings is 1. The van der Waals surface area contributed by atoms with E-state index in [0.717, 1.165) is 20.9 Å². The molecule has 1 aliphatic heterocycles. The molecule has 10 heteroatoms. The Morgan fingerprint density at radius 2 is 1.85 bits per heavy atom. The molecule has 0 radical (unpaired) electrons. The number of ether oxygens (including phenoxy) is 2. The standard InChI is InChI=1S/C30H26Br2N2O5S/c1-4-6-22-26(29(36)38-5-2)27(21-15-19(32)11-13-24(21)37-3)34-28(35)25(40-30(34)33-22)16-20-12-14-23(39-20)17-7-9-18(31)10-8-17/h7-16,27H,4-6H2,1-3H3/b25-16+/t27-/m0/s1. The highest BCUT2D eigenvalue weighted by molar-refractivity contribution is 9.10. The minimum atomic E-state index is -0.777. The number of allylic oxidation sites excluding steroid dienone is 1. The Bertz CT molecular complexity index is 1780. The zero-order valence-electron chi connectivity index (χ0n) is 22.1. The van der Waals surface area contributed by atoms with Crippen LogP contribution in [0.2, 0.25) is 0 Å². The summed E-state index contributed by atoms with van der Waals surface area (Å²) in [6.07, 6.45) is 3.04. The van der Waals surface area contributed by atoms with Gasteiger partial charge in [0.15, 0.2) is 4.80 Å². The fourth-order valence-corrected chi connectivity index (χ4v) is 6.31. The molecule has 4 aromatic rings. The van der Waals surface area contributed by atoms with E-state index in [1.807, 2.05) is 61.5 Å². The van der Waals surface area contributed by atoms with Crippen LogP contribution in [0.4, 0.5) is 0 Å². The predicted octanol–water partition coefficient (Wildman–Crippen LogP) is 6.37. The van der Waals surface area contributed by atoms with E-state index in [4.69, 9.17) is 18.9 Å². The van der Waals surface area contributed by atoms with Crippen LogP contribution in [0.3, 0.4) is 0 Å². The molecular formula is C30H26Br2N2O5S. The summed E-state index contributed by atoms with van der Waals surface area (Å²) >= 11 is 8.25. The summed E-state index contributed by atoms with van der Waals surface area (Å²) in [5, 5.41) is 0. The number of hydrogen-bond acceptors (Lipinski definition) is 7. The first-order chi connectivity index (χ1) is 19.3. The lowest BCUT2D eigenvalue weighted by Gasteiger charge is -2.27. The van der Waals surface area contributed by atoms with E-state index >= 15 is 0 Å². The molecule has 40 heavy (non-hydrogen) atoms. The smallest absolute Gasteiger partial charge is 0.338 e. The third kappa shape index (κ3) is 5.53. The first-order valence-corrected chi connectivity index (χ1v) is 15.2. The number of nitrogens with zero attached hydrogens (tertiary/aromatic N) is 2. The summed E-state index contributed by atoms with van der Waals surface area (Å²) in [6, 6.07) is 16.3. The van der Waals surface area contributed by atoms with Crippen molar-refractivity contribution in [1.82, 2.24) is 4.57 Å². The zero-order chi connectivity index (χ0) is 28.4. The summed E-state index contributed by atoms with van der Waals surface area (Å²) in [5.74, 6) is 1.28. The van der Waals surface area contributed by atoms with Crippen molar-refractivity contribution in [2.24, 2.45) is 4.99 Å². The van der Waals surface area contributed by atoms with E-state index in [2.05, 4.69) is 31.9 Å². The molecule has 0 bridgehead atoms. The van der Waals surface area contributed by atoms with Crippen molar-refractivity contribution in [2.45, 2.75) is 32.7 Å². The van der Waals surface area contributed by atoms with Crippen LogP contribution in [-0.4, -0.2) is 24.3 Å². The molecule has 0 N–H and O–H groups in total. The molecule has 1 aliphatic rings. The lowest BCUT2D eigenvalue weighted by Crippen LogP contribution is -2.40. The molecular weight excluding hydrogens is 660 g/mol. The lowest BCUT2D eigenvalue weighted by atomic mass is 9.93. The van der Waals surface area contributed by atoms with E-state index in [9.17, 15) is 9.59 Å². The van der Waals surface area contributed by atoms with E-state index in [1.165, 1.54) is 11.3 Å². The third-order valence-corrected chi connectivity index (χ3v) is 8.41. The monoisotopic (exact) mass is 684 g/mol. The highest BCUT2D eigenvalue weighted by Crippen LogP contribution is 2.38. The van der Waals surface area contributed by atoms with Crippen LogP contribution >= 0.6 is 43.2 Å². The first kappa shape index (κ1) is 28.3. The van der Waals surface area contributed by atoms with Crippen molar-refractivity contribution >= 4 is 55.2 Å². The Morgan fingerprint density at radius 1 is 1.10 bits per heavy atom. The number of methoxy groups -OCH3 is 1. The number of rotatable bonds is 8. The van der Waals surface area contributed by atoms with Gasteiger partial charge in [0.1, 0.15) is 23.3 Å². The predicted molar refractivity (Wildman–Crippen MR) is 162 cm³/mol. The van der Waals surface area contributed by atoms with Crippen LogP contribution in [0.25, 0.3) is 17.4 Å². The van der Waals surface area contributed by atoms with Crippen LogP contribution in [0, 0.1) is 0 Å². The molecule has 3 heterocycles. The van der Waals surface area contributed by atoms with E-state index in [0.29, 0.717) is 49.9 Å². The van der Waals surface area contributed by atoms with Crippen LogP contribution in [0.5, 0.6) is 5.75 Å². The molecule has 0 fully saturated rings. The Hall–Kier alpha value is -3.21. The summed E-state index contributed by atoms with van der Waals surface area (Å²) in [4.78, 5) is 32.7. The largest absolute Gasteiger partial charge is 0.496 e. The maximum Gasteiger partial charge on any atom is 0.338 e. The van der Waals surface area contributed by atoms with Crippen molar-refractivity contribution in [2.75, 3.05) is 13.7 Å². The maximum atomic E-state index is 14.0. The number of fused-ring (bicyclic) bond motifs is 1. The van der Waals surface area contributed by atoms with Gasteiger partial charge < -0.3 is 13.9 Å². The van der Waals surface area contributed by atoms with Gasteiger partial charge in [-0.25, -0.2) is 9.79 Å². The highest BCUT2D eigenvalue weighted by Gasteiger charge is 2.36.